The second kappa shape index (κ2) is 6.21. The quantitative estimate of drug-likeness (QED) is 0.741. The van der Waals surface area contributed by atoms with Crippen LogP contribution in [0, 0.1) is 0 Å². The van der Waals surface area contributed by atoms with Gasteiger partial charge in [0.1, 0.15) is 5.56 Å². The monoisotopic (exact) mass is 287 g/mol. The van der Waals surface area contributed by atoms with Gasteiger partial charge >= 0.3 is 5.69 Å². The van der Waals surface area contributed by atoms with Crippen molar-refractivity contribution in [2.45, 2.75) is 26.3 Å². The van der Waals surface area contributed by atoms with Crippen LogP contribution in [-0.2, 0) is 0 Å². The summed E-state index contributed by atoms with van der Waals surface area (Å²) < 4.78 is 0. The Hall–Kier alpha value is -2.63. The van der Waals surface area contributed by atoms with Gasteiger partial charge in [-0.05, 0) is 13.3 Å². The molecule has 2 rings (SSSR count). The van der Waals surface area contributed by atoms with Gasteiger partial charge in [-0.25, -0.2) is 4.79 Å². The summed E-state index contributed by atoms with van der Waals surface area (Å²) in [6.45, 7) is 3.90. The van der Waals surface area contributed by atoms with Crippen LogP contribution in [0.5, 0.6) is 5.88 Å². The highest BCUT2D eigenvalue weighted by molar-refractivity contribution is 6.13. The van der Waals surface area contributed by atoms with Gasteiger partial charge in [0.2, 0.25) is 5.88 Å². The Balaban J connectivity index is 2.70. The molecule has 1 atom stereocenters. The van der Waals surface area contributed by atoms with E-state index in [1.165, 1.54) is 0 Å². The van der Waals surface area contributed by atoms with Crippen molar-refractivity contribution in [1.82, 2.24) is 9.97 Å². The molecule has 0 bridgehead atoms. The van der Waals surface area contributed by atoms with E-state index in [4.69, 9.17) is 0 Å². The van der Waals surface area contributed by atoms with Gasteiger partial charge in [0.05, 0.1) is 5.71 Å². The van der Waals surface area contributed by atoms with Gasteiger partial charge < -0.3 is 5.11 Å². The van der Waals surface area contributed by atoms with Gasteiger partial charge in [0.25, 0.3) is 5.56 Å². The maximum absolute atomic E-state index is 12.0. The van der Waals surface area contributed by atoms with Crippen molar-refractivity contribution in [2.24, 2.45) is 4.99 Å². The van der Waals surface area contributed by atoms with E-state index in [1.54, 1.807) is 12.1 Å². The van der Waals surface area contributed by atoms with Gasteiger partial charge in [-0.15, -0.1) is 0 Å². The van der Waals surface area contributed by atoms with Crippen LogP contribution in [0.25, 0.3) is 0 Å². The number of aliphatic imine (C=N–C) groups is 1. The molecule has 0 aliphatic rings. The Morgan fingerprint density at radius 3 is 2.48 bits per heavy atom. The Morgan fingerprint density at radius 2 is 1.90 bits per heavy atom. The van der Waals surface area contributed by atoms with E-state index in [-0.39, 0.29) is 11.6 Å². The van der Waals surface area contributed by atoms with Crippen molar-refractivity contribution >= 4 is 5.71 Å². The van der Waals surface area contributed by atoms with E-state index in [1.807, 2.05) is 32.0 Å². The van der Waals surface area contributed by atoms with Crippen LogP contribution in [0.15, 0.2) is 44.9 Å². The van der Waals surface area contributed by atoms with Crippen LogP contribution in [-0.4, -0.2) is 26.8 Å². The van der Waals surface area contributed by atoms with Crippen LogP contribution in [0.4, 0.5) is 0 Å². The topological polar surface area (TPSA) is 98.3 Å². The molecule has 21 heavy (non-hydrogen) atoms. The predicted molar refractivity (Wildman–Crippen MR) is 81.2 cm³/mol. The predicted octanol–water partition coefficient (Wildman–Crippen LogP) is 1.40. The highest BCUT2D eigenvalue weighted by Gasteiger charge is 2.18. The van der Waals surface area contributed by atoms with Crippen molar-refractivity contribution < 1.29 is 5.11 Å². The smallest absolute Gasteiger partial charge is 0.328 e. The maximum atomic E-state index is 12.0. The van der Waals surface area contributed by atoms with Gasteiger partial charge in [-0.3, -0.25) is 19.8 Å². The van der Waals surface area contributed by atoms with E-state index in [0.29, 0.717) is 11.3 Å². The standard InChI is InChI=1S/C15H17N3O3/c1-3-9(2)16-12(10-7-5-4-6-8-10)11-13(19)17-15(21)18-14(11)20/h4-9H,3H2,1-2H3,(H3,17,18,19,20,21). The summed E-state index contributed by atoms with van der Waals surface area (Å²) in [6.07, 6.45) is 0.790. The van der Waals surface area contributed by atoms with Gasteiger partial charge in [0.15, 0.2) is 0 Å². The molecular weight excluding hydrogens is 270 g/mol. The summed E-state index contributed by atoms with van der Waals surface area (Å²) in [5.74, 6) is -0.477. The number of hydrogen-bond acceptors (Lipinski definition) is 4. The normalized spacial score (nSPS) is 13.1. The van der Waals surface area contributed by atoms with Crippen LogP contribution < -0.4 is 11.2 Å². The van der Waals surface area contributed by atoms with Gasteiger partial charge in [0, 0.05) is 11.6 Å². The molecule has 0 aliphatic carbocycles. The molecule has 110 valence electrons. The highest BCUT2D eigenvalue weighted by atomic mass is 16.3. The molecule has 1 heterocycles. The fourth-order valence-electron chi connectivity index (χ4n) is 1.89. The van der Waals surface area contributed by atoms with E-state index in [9.17, 15) is 14.7 Å². The second-order valence-corrected chi connectivity index (χ2v) is 4.73. The summed E-state index contributed by atoms with van der Waals surface area (Å²) in [7, 11) is 0. The number of aromatic amines is 2. The van der Waals surface area contributed by atoms with Crippen molar-refractivity contribution in [1.29, 1.82) is 0 Å². The van der Waals surface area contributed by atoms with Crippen LogP contribution in [0.3, 0.4) is 0 Å². The SMILES string of the molecule is CCC(C)N=C(c1ccccc1)c1c(O)[nH]c(=O)[nH]c1=O. The molecule has 0 radical (unpaired) electrons. The maximum Gasteiger partial charge on any atom is 0.328 e. The minimum atomic E-state index is -0.753. The first-order chi connectivity index (χ1) is 10.0. The van der Waals surface area contributed by atoms with Crippen molar-refractivity contribution in [3.8, 4) is 5.88 Å². The average molecular weight is 287 g/mol. The van der Waals surface area contributed by atoms with Crippen molar-refractivity contribution in [2.75, 3.05) is 0 Å². The average Bonchev–Trinajstić information content (AvgIpc) is 2.46. The van der Waals surface area contributed by atoms with E-state index < -0.39 is 17.1 Å². The molecule has 0 saturated carbocycles. The third-order valence-electron chi connectivity index (χ3n) is 3.15. The molecule has 0 spiro atoms. The number of aromatic nitrogens is 2. The van der Waals surface area contributed by atoms with E-state index in [2.05, 4.69) is 15.0 Å². The van der Waals surface area contributed by atoms with Crippen molar-refractivity contribution in [3.05, 3.63) is 62.3 Å². The zero-order valence-corrected chi connectivity index (χ0v) is 11.9. The number of rotatable bonds is 4. The Labute approximate surface area is 121 Å². The molecule has 1 aromatic carbocycles. The first-order valence-corrected chi connectivity index (χ1v) is 6.72. The number of aromatic hydroxyl groups is 1. The summed E-state index contributed by atoms with van der Waals surface area (Å²) >= 11 is 0. The lowest BCUT2D eigenvalue weighted by atomic mass is 10.0. The van der Waals surface area contributed by atoms with Gasteiger partial charge in [-0.2, -0.15) is 0 Å². The van der Waals surface area contributed by atoms with Crippen LogP contribution >= 0.6 is 0 Å². The fraction of sp³-hybridized carbons (Fsp3) is 0.267. The van der Waals surface area contributed by atoms with Crippen LogP contribution in [0.2, 0.25) is 0 Å². The Bertz CT molecular complexity index is 760. The molecule has 1 aromatic heterocycles. The molecular formula is C15H17N3O3. The zero-order valence-electron chi connectivity index (χ0n) is 11.9. The number of nitrogens with zero attached hydrogens (tertiary/aromatic N) is 1. The van der Waals surface area contributed by atoms with Crippen LogP contribution in [0.1, 0.15) is 31.4 Å². The number of nitrogens with one attached hydrogen (secondary N) is 2. The largest absolute Gasteiger partial charge is 0.494 e. The molecule has 6 heteroatoms. The first-order valence-electron chi connectivity index (χ1n) is 6.72. The summed E-state index contributed by atoms with van der Waals surface area (Å²) in [5.41, 5.74) is -0.383. The lowest BCUT2D eigenvalue weighted by Gasteiger charge is -2.11. The minimum Gasteiger partial charge on any atom is -0.494 e. The summed E-state index contributed by atoms with van der Waals surface area (Å²) in [6, 6.07) is 9.06. The molecule has 0 aliphatic heterocycles. The van der Waals surface area contributed by atoms with E-state index in [0.717, 1.165) is 6.42 Å². The molecule has 0 amide bonds. The summed E-state index contributed by atoms with van der Waals surface area (Å²) in [5, 5.41) is 9.93. The van der Waals surface area contributed by atoms with Crippen molar-refractivity contribution in [3.63, 3.8) is 0 Å². The fourth-order valence-corrected chi connectivity index (χ4v) is 1.89. The minimum absolute atomic E-state index is 0.0223. The lowest BCUT2D eigenvalue weighted by Crippen LogP contribution is -2.28. The third-order valence-corrected chi connectivity index (χ3v) is 3.15. The molecule has 2 aromatic rings. The number of hydrogen-bond donors (Lipinski definition) is 3. The lowest BCUT2D eigenvalue weighted by molar-refractivity contribution is 0.447. The van der Waals surface area contributed by atoms with E-state index >= 15 is 0 Å². The first kappa shape index (κ1) is 14.8. The second-order valence-electron chi connectivity index (χ2n) is 4.73. The molecule has 0 fully saturated rings. The highest BCUT2D eigenvalue weighted by Crippen LogP contribution is 2.15. The summed E-state index contributed by atoms with van der Waals surface area (Å²) in [4.78, 5) is 32.0. The number of H-pyrrole nitrogens is 2. The van der Waals surface area contributed by atoms with Gasteiger partial charge in [-0.1, -0.05) is 37.3 Å². The number of benzene rings is 1. The third kappa shape index (κ3) is 3.28. The molecule has 1 unspecified atom stereocenters. The molecule has 0 saturated heterocycles. The zero-order chi connectivity index (χ0) is 15.4. The molecule has 6 nitrogen and oxygen atoms in total. The Morgan fingerprint density at radius 1 is 1.24 bits per heavy atom. The molecule has 3 N–H and O–H groups in total. The Kier molecular flexibility index (Phi) is 4.37.